The summed E-state index contributed by atoms with van der Waals surface area (Å²) >= 11 is 0. The molecule has 9 heavy (non-hydrogen) atoms. The molecule has 0 aliphatic carbocycles. The zero-order valence-corrected chi connectivity index (χ0v) is 5.95. The van der Waals surface area contributed by atoms with Crippen molar-refractivity contribution >= 4 is 15.9 Å². The summed E-state index contributed by atoms with van der Waals surface area (Å²) in [6.45, 7) is 2.75. The number of carbonyl (C=O) groups is 1. The van der Waals surface area contributed by atoms with E-state index in [2.05, 4.69) is 0 Å². The molecular weight excluding hydrogens is 142 g/mol. The van der Waals surface area contributed by atoms with Gasteiger partial charge in [-0.1, -0.05) is 0 Å². The van der Waals surface area contributed by atoms with Crippen molar-refractivity contribution in [3.8, 4) is 0 Å². The predicted octanol–water partition coefficient (Wildman–Crippen LogP) is -0.775. The second-order valence-electron chi connectivity index (χ2n) is 2.44. The largest absolute Gasteiger partial charge is 0.272 e. The summed E-state index contributed by atoms with van der Waals surface area (Å²) in [7, 11) is -3.31. The third-order valence-corrected chi connectivity index (χ3v) is 3.43. The van der Waals surface area contributed by atoms with Crippen molar-refractivity contribution in [2.45, 2.75) is 18.6 Å². The van der Waals surface area contributed by atoms with E-state index in [1.807, 2.05) is 0 Å². The van der Waals surface area contributed by atoms with Gasteiger partial charge in [0.1, 0.15) is 0 Å². The number of nitrogens with one attached hydrogen (secondary N) is 1. The molecule has 0 aromatic heterocycles. The summed E-state index contributed by atoms with van der Waals surface area (Å²) in [4.78, 5) is 10.5. The van der Waals surface area contributed by atoms with E-state index < -0.39 is 20.7 Å². The Bertz CT molecular complexity index is 251. The van der Waals surface area contributed by atoms with Gasteiger partial charge in [0, 0.05) is 0 Å². The standard InChI is InChI=1S/C4H7NO3S/c1-4(2)3(6)5-9(4,7)8/h1-2H3,(H,5,6). The molecule has 1 aliphatic rings. The molecule has 1 rings (SSSR count). The maximum Gasteiger partial charge on any atom is 0.256 e. The quantitative estimate of drug-likeness (QED) is 0.491. The van der Waals surface area contributed by atoms with Crippen molar-refractivity contribution in [3.63, 3.8) is 0 Å². The monoisotopic (exact) mass is 149 g/mol. The molecule has 0 unspecified atom stereocenters. The zero-order chi connectivity index (χ0) is 7.28. The molecule has 5 heteroatoms. The molecule has 0 spiro atoms. The molecule has 0 bridgehead atoms. The molecule has 1 N–H and O–H groups in total. The van der Waals surface area contributed by atoms with Gasteiger partial charge in [-0.25, -0.2) is 8.42 Å². The average molecular weight is 149 g/mol. The first-order valence-electron chi connectivity index (χ1n) is 2.45. The van der Waals surface area contributed by atoms with Crippen LogP contribution < -0.4 is 4.72 Å². The van der Waals surface area contributed by atoms with Gasteiger partial charge in [-0.05, 0) is 13.8 Å². The first-order valence-corrected chi connectivity index (χ1v) is 3.93. The van der Waals surface area contributed by atoms with E-state index >= 15 is 0 Å². The SMILES string of the molecule is CC1(C)C(=O)NS1(=O)=O. The topological polar surface area (TPSA) is 63.2 Å². The minimum atomic E-state index is -3.31. The van der Waals surface area contributed by atoms with Gasteiger partial charge in [-0.2, -0.15) is 0 Å². The smallest absolute Gasteiger partial charge is 0.256 e. The summed E-state index contributed by atoms with van der Waals surface area (Å²) in [6, 6.07) is 0. The molecule has 0 aromatic rings. The van der Waals surface area contributed by atoms with Crippen molar-refractivity contribution in [1.82, 2.24) is 4.72 Å². The Morgan fingerprint density at radius 3 is 1.89 bits per heavy atom. The molecule has 52 valence electrons. The number of carbonyl (C=O) groups excluding carboxylic acids is 1. The van der Waals surface area contributed by atoms with Gasteiger partial charge >= 0.3 is 0 Å². The molecule has 1 amide bonds. The fraction of sp³-hybridized carbons (Fsp3) is 0.750. The van der Waals surface area contributed by atoms with Crippen LogP contribution in [0.25, 0.3) is 0 Å². The third kappa shape index (κ3) is 0.578. The Labute approximate surface area is 53.3 Å². The Balaban J connectivity index is 3.10. The summed E-state index contributed by atoms with van der Waals surface area (Å²) in [5.74, 6) is -0.428. The number of amides is 1. The minimum Gasteiger partial charge on any atom is -0.272 e. The van der Waals surface area contributed by atoms with Crippen LogP contribution in [0.1, 0.15) is 13.8 Å². The van der Waals surface area contributed by atoms with Gasteiger partial charge in [0.2, 0.25) is 10.0 Å². The van der Waals surface area contributed by atoms with Crippen LogP contribution in [0.3, 0.4) is 0 Å². The van der Waals surface area contributed by atoms with Crippen LogP contribution in [0.5, 0.6) is 0 Å². The van der Waals surface area contributed by atoms with Crippen molar-refractivity contribution in [3.05, 3.63) is 0 Å². The lowest BCUT2D eigenvalue weighted by Gasteiger charge is -2.32. The molecule has 0 aromatic carbocycles. The maximum absolute atomic E-state index is 10.6. The highest BCUT2D eigenvalue weighted by molar-refractivity contribution is 7.94. The lowest BCUT2D eigenvalue weighted by molar-refractivity contribution is -0.123. The van der Waals surface area contributed by atoms with Crippen LogP contribution >= 0.6 is 0 Å². The third-order valence-electron chi connectivity index (χ3n) is 1.45. The van der Waals surface area contributed by atoms with E-state index in [-0.39, 0.29) is 0 Å². The summed E-state index contributed by atoms with van der Waals surface area (Å²) in [5.41, 5.74) is 0. The Morgan fingerprint density at radius 1 is 1.44 bits per heavy atom. The number of rotatable bonds is 0. The van der Waals surface area contributed by atoms with Crippen LogP contribution in [-0.4, -0.2) is 19.1 Å². The van der Waals surface area contributed by atoms with E-state index in [0.29, 0.717) is 0 Å². The molecule has 1 heterocycles. The lowest BCUT2D eigenvalue weighted by Crippen LogP contribution is -2.65. The van der Waals surface area contributed by atoms with E-state index in [0.717, 1.165) is 0 Å². The number of hydrogen-bond acceptors (Lipinski definition) is 3. The second kappa shape index (κ2) is 1.29. The highest BCUT2D eigenvalue weighted by Crippen LogP contribution is 2.23. The van der Waals surface area contributed by atoms with Crippen LogP contribution in [0.15, 0.2) is 0 Å². The van der Waals surface area contributed by atoms with Crippen LogP contribution in [-0.2, 0) is 14.8 Å². The van der Waals surface area contributed by atoms with Crippen molar-refractivity contribution in [2.24, 2.45) is 0 Å². The fourth-order valence-corrected chi connectivity index (χ4v) is 1.34. The molecule has 0 saturated carbocycles. The Hall–Kier alpha value is -0.580. The normalized spacial score (nSPS) is 28.4. The highest BCUT2D eigenvalue weighted by atomic mass is 32.2. The van der Waals surface area contributed by atoms with Crippen molar-refractivity contribution < 1.29 is 13.2 Å². The molecule has 0 atom stereocenters. The molecule has 1 saturated heterocycles. The molecule has 0 radical (unpaired) electrons. The second-order valence-corrected chi connectivity index (χ2v) is 4.68. The first kappa shape index (κ1) is 6.54. The molecular formula is C4H7NO3S. The van der Waals surface area contributed by atoms with Crippen LogP contribution in [0.2, 0.25) is 0 Å². The lowest BCUT2D eigenvalue weighted by atomic mass is 10.2. The van der Waals surface area contributed by atoms with E-state index in [9.17, 15) is 13.2 Å². The fourth-order valence-electron chi connectivity index (χ4n) is 0.448. The van der Waals surface area contributed by atoms with Gasteiger partial charge in [0.25, 0.3) is 5.91 Å². The van der Waals surface area contributed by atoms with E-state index in [1.54, 1.807) is 4.72 Å². The minimum absolute atomic E-state index is 0.428. The Morgan fingerprint density at radius 2 is 1.89 bits per heavy atom. The number of hydrogen-bond donors (Lipinski definition) is 1. The van der Waals surface area contributed by atoms with Gasteiger partial charge in [0.15, 0.2) is 4.75 Å². The van der Waals surface area contributed by atoms with Gasteiger partial charge in [-0.15, -0.1) is 0 Å². The van der Waals surface area contributed by atoms with Gasteiger partial charge in [0.05, 0.1) is 0 Å². The van der Waals surface area contributed by atoms with Crippen LogP contribution in [0, 0.1) is 0 Å². The number of sulfonamides is 1. The van der Waals surface area contributed by atoms with Crippen molar-refractivity contribution in [2.75, 3.05) is 0 Å². The first-order chi connectivity index (χ1) is 3.88. The average Bonchev–Trinajstić information content (AvgIpc) is 1.65. The van der Waals surface area contributed by atoms with Gasteiger partial charge in [-0.3, -0.25) is 9.52 Å². The van der Waals surface area contributed by atoms with E-state index in [1.165, 1.54) is 13.8 Å². The van der Waals surface area contributed by atoms with Crippen LogP contribution in [0.4, 0.5) is 0 Å². The summed E-state index contributed by atoms with van der Waals surface area (Å²) in [5, 5.41) is 0. The van der Waals surface area contributed by atoms with Crippen molar-refractivity contribution in [1.29, 1.82) is 0 Å². The van der Waals surface area contributed by atoms with E-state index in [4.69, 9.17) is 0 Å². The molecule has 4 nitrogen and oxygen atoms in total. The van der Waals surface area contributed by atoms with Gasteiger partial charge < -0.3 is 0 Å². The summed E-state index contributed by atoms with van der Waals surface area (Å²) in [6.07, 6.45) is 0. The molecule has 1 aliphatic heterocycles. The molecule has 1 fully saturated rings. The highest BCUT2D eigenvalue weighted by Gasteiger charge is 2.52. The maximum atomic E-state index is 10.6. The summed E-state index contributed by atoms with van der Waals surface area (Å²) < 4.78 is 21.8. The zero-order valence-electron chi connectivity index (χ0n) is 5.13. The Kier molecular flexibility index (Phi) is 0.934. The predicted molar refractivity (Wildman–Crippen MR) is 31.1 cm³/mol.